The van der Waals surface area contributed by atoms with Crippen molar-refractivity contribution in [1.29, 1.82) is 0 Å². The molecule has 1 atom stereocenters. The van der Waals surface area contributed by atoms with Crippen molar-refractivity contribution in [2.45, 2.75) is 25.3 Å². The number of rotatable bonds is 5. The maximum Gasteiger partial charge on any atom is 0.165 e. The normalized spacial score (nSPS) is 19.7. The number of hydrogen-bond donors (Lipinski definition) is 1. The van der Waals surface area contributed by atoms with E-state index >= 15 is 0 Å². The molecule has 1 heterocycles. The van der Waals surface area contributed by atoms with Crippen molar-refractivity contribution < 1.29 is 9.13 Å². The van der Waals surface area contributed by atoms with Crippen molar-refractivity contribution in [2.75, 3.05) is 33.3 Å². The van der Waals surface area contributed by atoms with Gasteiger partial charge in [0.2, 0.25) is 0 Å². The molecule has 6 heteroatoms. The molecule has 1 N–H and O–H groups in total. The number of hydrogen-bond acceptors (Lipinski definition) is 3. The van der Waals surface area contributed by atoms with Gasteiger partial charge in [0.15, 0.2) is 11.6 Å². The van der Waals surface area contributed by atoms with Crippen LogP contribution in [0.15, 0.2) is 18.2 Å². The van der Waals surface area contributed by atoms with Gasteiger partial charge in [0, 0.05) is 32.2 Å². The third kappa shape index (κ3) is 4.72. The fourth-order valence-electron chi connectivity index (χ4n) is 3.05. The van der Waals surface area contributed by atoms with E-state index in [1.807, 2.05) is 6.07 Å². The van der Waals surface area contributed by atoms with E-state index in [4.69, 9.17) is 4.74 Å². The second-order valence-corrected chi connectivity index (χ2v) is 5.87. The van der Waals surface area contributed by atoms with Crippen molar-refractivity contribution in [3.05, 3.63) is 29.6 Å². The highest BCUT2D eigenvalue weighted by Gasteiger charge is 2.30. The largest absolute Gasteiger partial charge is 0.494 e. The van der Waals surface area contributed by atoms with Crippen LogP contribution in [0.3, 0.4) is 0 Å². The van der Waals surface area contributed by atoms with E-state index in [9.17, 15) is 4.39 Å². The molecule has 1 aliphatic heterocycles. The summed E-state index contributed by atoms with van der Waals surface area (Å²) in [6.07, 6.45) is 3.83. The zero-order valence-electron chi connectivity index (χ0n) is 12.9. The van der Waals surface area contributed by atoms with Gasteiger partial charge in [-0.3, -0.25) is 4.90 Å². The molecule has 0 aromatic heterocycles. The number of nitrogens with one attached hydrogen (secondary N) is 1. The van der Waals surface area contributed by atoms with Gasteiger partial charge in [0.1, 0.15) is 0 Å². The van der Waals surface area contributed by atoms with Crippen molar-refractivity contribution >= 4 is 24.8 Å². The van der Waals surface area contributed by atoms with Gasteiger partial charge in [0.25, 0.3) is 0 Å². The Kier molecular flexibility index (Phi) is 7.90. The molecule has 3 rings (SSSR count). The summed E-state index contributed by atoms with van der Waals surface area (Å²) in [5.74, 6) is 0.917. The van der Waals surface area contributed by atoms with Crippen LogP contribution < -0.4 is 10.1 Å². The van der Waals surface area contributed by atoms with Crippen LogP contribution in [0.25, 0.3) is 0 Å². The quantitative estimate of drug-likeness (QED) is 0.880. The highest BCUT2D eigenvalue weighted by molar-refractivity contribution is 5.85. The lowest BCUT2D eigenvalue weighted by Gasteiger charge is -2.35. The first-order chi connectivity index (χ1) is 9.78. The highest BCUT2D eigenvalue weighted by Crippen LogP contribution is 2.40. The van der Waals surface area contributed by atoms with Crippen LogP contribution in [-0.2, 0) is 0 Å². The van der Waals surface area contributed by atoms with Crippen LogP contribution in [0.5, 0.6) is 5.75 Å². The zero-order chi connectivity index (χ0) is 13.9. The number of piperazine rings is 1. The van der Waals surface area contributed by atoms with E-state index in [1.54, 1.807) is 12.1 Å². The molecule has 1 aromatic carbocycles. The first-order valence-corrected chi connectivity index (χ1v) is 7.56. The molecule has 0 bridgehead atoms. The summed E-state index contributed by atoms with van der Waals surface area (Å²) in [7, 11) is 1.51. The Hall–Kier alpha value is -0.550. The first kappa shape index (κ1) is 19.5. The van der Waals surface area contributed by atoms with Gasteiger partial charge in [-0.1, -0.05) is 18.9 Å². The van der Waals surface area contributed by atoms with Crippen LogP contribution in [0, 0.1) is 11.7 Å². The number of methoxy groups -OCH3 is 1. The third-order valence-corrected chi connectivity index (χ3v) is 4.41. The monoisotopic (exact) mass is 350 g/mol. The molecular weight excluding hydrogens is 326 g/mol. The molecule has 2 aliphatic rings. The number of halogens is 3. The second kappa shape index (κ2) is 8.92. The summed E-state index contributed by atoms with van der Waals surface area (Å²) in [4.78, 5) is 2.50. The maximum absolute atomic E-state index is 14.0. The van der Waals surface area contributed by atoms with E-state index < -0.39 is 0 Å². The summed E-state index contributed by atoms with van der Waals surface area (Å²) in [5, 5.41) is 3.38. The molecule has 1 saturated carbocycles. The predicted molar refractivity (Wildman–Crippen MR) is 92.0 cm³/mol. The Morgan fingerprint density at radius 3 is 2.50 bits per heavy atom. The second-order valence-electron chi connectivity index (χ2n) is 5.87. The number of nitrogens with zero attached hydrogens (tertiary/aromatic N) is 1. The molecule has 1 aliphatic carbocycles. The van der Waals surface area contributed by atoms with Crippen molar-refractivity contribution in [1.82, 2.24) is 10.2 Å². The summed E-state index contributed by atoms with van der Waals surface area (Å²) in [6, 6.07) is 5.79. The Labute approximate surface area is 144 Å². The molecule has 3 nitrogen and oxygen atoms in total. The topological polar surface area (TPSA) is 24.5 Å². The molecule has 0 spiro atoms. The van der Waals surface area contributed by atoms with E-state index in [0.29, 0.717) is 11.8 Å². The summed E-state index contributed by atoms with van der Waals surface area (Å²) >= 11 is 0. The molecule has 0 unspecified atom stereocenters. The molecule has 126 valence electrons. The zero-order valence-corrected chi connectivity index (χ0v) is 14.5. The van der Waals surface area contributed by atoms with E-state index in [1.165, 1.54) is 20.0 Å². The molecule has 1 aromatic rings. The Morgan fingerprint density at radius 2 is 1.95 bits per heavy atom. The van der Waals surface area contributed by atoms with Crippen molar-refractivity contribution in [3.63, 3.8) is 0 Å². The van der Waals surface area contributed by atoms with Crippen LogP contribution in [0.4, 0.5) is 4.39 Å². The smallest absolute Gasteiger partial charge is 0.165 e. The van der Waals surface area contributed by atoms with Gasteiger partial charge in [0.05, 0.1) is 7.11 Å². The maximum atomic E-state index is 14.0. The minimum Gasteiger partial charge on any atom is -0.494 e. The minimum atomic E-state index is -0.249. The standard InChI is InChI=1S/C16H23FN2O.2ClH/c1-20-16-5-4-13(11-14(16)17)15(10-12-2-3-12)19-8-6-18-7-9-19;;/h4-5,11-12,15,18H,2-3,6-10H2,1H3;2*1H/t15-;;/m0../s1. The molecule has 1 saturated heterocycles. The van der Waals surface area contributed by atoms with Gasteiger partial charge in [-0.25, -0.2) is 4.39 Å². The SMILES string of the molecule is COc1ccc([C@H](CC2CC2)N2CCNCC2)cc1F.Cl.Cl. The lowest BCUT2D eigenvalue weighted by molar-refractivity contribution is 0.160. The average Bonchev–Trinajstić information content (AvgIpc) is 3.30. The van der Waals surface area contributed by atoms with E-state index in [-0.39, 0.29) is 30.6 Å². The average molecular weight is 351 g/mol. The molecule has 0 amide bonds. The van der Waals surface area contributed by atoms with Crippen molar-refractivity contribution in [2.24, 2.45) is 5.92 Å². The third-order valence-electron chi connectivity index (χ3n) is 4.41. The summed E-state index contributed by atoms with van der Waals surface area (Å²) in [6.45, 7) is 4.15. The lowest BCUT2D eigenvalue weighted by atomic mass is 9.98. The Balaban J connectivity index is 0.00000121. The highest BCUT2D eigenvalue weighted by atomic mass is 35.5. The molecule has 2 fully saturated rings. The van der Waals surface area contributed by atoms with E-state index in [2.05, 4.69) is 10.2 Å². The first-order valence-electron chi connectivity index (χ1n) is 7.56. The summed E-state index contributed by atoms with van der Waals surface area (Å²) < 4.78 is 19.0. The fraction of sp³-hybridized carbons (Fsp3) is 0.625. The minimum absolute atomic E-state index is 0. The predicted octanol–water partition coefficient (Wildman–Crippen LogP) is 3.42. The lowest BCUT2D eigenvalue weighted by Crippen LogP contribution is -2.45. The Morgan fingerprint density at radius 1 is 1.27 bits per heavy atom. The van der Waals surface area contributed by atoms with Gasteiger partial charge in [-0.2, -0.15) is 0 Å². The summed E-state index contributed by atoms with van der Waals surface area (Å²) in [5.41, 5.74) is 1.09. The van der Waals surface area contributed by atoms with Gasteiger partial charge in [-0.15, -0.1) is 24.8 Å². The van der Waals surface area contributed by atoms with Crippen LogP contribution in [0.1, 0.15) is 30.9 Å². The van der Waals surface area contributed by atoms with Crippen LogP contribution in [-0.4, -0.2) is 38.2 Å². The van der Waals surface area contributed by atoms with Crippen molar-refractivity contribution in [3.8, 4) is 5.75 Å². The van der Waals surface area contributed by atoms with Gasteiger partial charge < -0.3 is 10.1 Å². The Bertz CT molecular complexity index is 465. The molecule has 0 radical (unpaired) electrons. The van der Waals surface area contributed by atoms with E-state index in [0.717, 1.165) is 44.1 Å². The van der Waals surface area contributed by atoms with Crippen LogP contribution in [0.2, 0.25) is 0 Å². The molecular formula is C16H25Cl2FN2O. The molecule has 22 heavy (non-hydrogen) atoms. The van der Waals surface area contributed by atoms with Gasteiger partial charge in [-0.05, 0) is 30.0 Å². The van der Waals surface area contributed by atoms with Gasteiger partial charge >= 0.3 is 0 Å². The fourth-order valence-corrected chi connectivity index (χ4v) is 3.05. The number of benzene rings is 1. The number of ether oxygens (including phenoxy) is 1. The van der Waals surface area contributed by atoms with Crippen LogP contribution >= 0.6 is 24.8 Å².